The van der Waals surface area contributed by atoms with Crippen LogP contribution in [0.25, 0.3) is 0 Å². The Bertz CT molecular complexity index is 573. The smallest absolute Gasteiger partial charge is 0.144 e. The molecule has 0 amide bonds. The number of aromatic nitrogens is 1. The summed E-state index contributed by atoms with van der Waals surface area (Å²) >= 11 is 6.98. The first kappa shape index (κ1) is 13.4. The van der Waals surface area contributed by atoms with Gasteiger partial charge in [0, 0.05) is 11.9 Å². The highest BCUT2D eigenvalue weighted by molar-refractivity contribution is 9.11. The highest BCUT2D eigenvalue weighted by Crippen LogP contribution is 2.31. The molecule has 2 rings (SSSR count). The lowest BCUT2D eigenvalue weighted by molar-refractivity contribution is 0.412. The van der Waals surface area contributed by atoms with Crippen molar-refractivity contribution in [1.82, 2.24) is 4.98 Å². The van der Waals surface area contributed by atoms with Gasteiger partial charge >= 0.3 is 0 Å². The average molecular weight is 372 g/mol. The lowest BCUT2D eigenvalue weighted by atomic mass is 10.2. The number of benzene rings is 1. The van der Waals surface area contributed by atoms with Crippen LogP contribution in [0.1, 0.15) is 5.56 Å². The van der Waals surface area contributed by atoms with E-state index in [2.05, 4.69) is 42.2 Å². The number of halogens is 2. The van der Waals surface area contributed by atoms with Crippen LogP contribution >= 0.6 is 31.9 Å². The third kappa shape index (κ3) is 2.84. The standard InChI is InChI=1S/C13H12Br2N2O/c1-8-5-6-16-13(12(8)15)17-9-3-4-11(18-2)10(14)7-9/h3-7H,1-2H3,(H,16,17). The van der Waals surface area contributed by atoms with Gasteiger partial charge in [-0.2, -0.15) is 0 Å². The number of aryl methyl sites for hydroxylation is 1. The van der Waals surface area contributed by atoms with Gasteiger partial charge in [-0.1, -0.05) is 0 Å². The molecular weight excluding hydrogens is 360 g/mol. The number of nitrogens with zero attached hydrogens (tertiary/aromatic N) is 1. The van der Waals surface area contributed by atoms with Crippen LogP contribution in [0, 0.1) is 6.92 Å². The van der Waals surface area contributed by atoms with Gasteiger partial charge in [-0.25, -0.2) is 4.98 Å². The van der Waals surface area contributed by atoms with Crippen molar-refractivity contribution in [3.63, 3.8) is 0 Å². The number of hydrogen-bond acceptors (Lipinski definition) is 3. The second kappa shape index (κ2) is 5.71. The molecule has 0 aliphatic heterocycles. The minimum absolute atomic E-state index is 0.798. The summed E-state index contributed by atoms with van der Waals surface area (Å²) in [4.78, 5) is 4.30. The van der Waals surface area contributed by atoms with Gasteiger partial charge in [0.1, 0.15) is 11.6 Å². The van der Waals surface area contributed by atoms with Gasteiger partial charge < -0.3 is 10.1 Å². The van der Waals surface area contributed by atoms with Gasteiger partial charge in [0.15, 0.2) is 0 Å². The lowest BCUT2D eigenvalue weighted by Crippen LogP contribution is -1.96. The summed E-state index contributed by atoms with van der Waals surface area (Å²) < 4.78 is 7.06. The van der Waals surface area contributed by atoms with E-state index in [1.165, 1.54) is 0 Å². The van der Waals surface area contributed by atoms with Crippen molar-refractivity contribution < 1.29 is 4.74 Å². The first-order chi connectivity index (χ1) is 8.61. The Kier molecular flexibility index (Phi) is 4.24. The molecule has 3 nitrogen and oxygen atoms in total. The van der Waals surface area contributed by atoms with E-state index in [9.17, 15) is 0 Å². The van der Waals surface area contributed by atoms with Crippen molar-refractivity contribution in [2.75, 3.05) is 12.4 Å². The molecule has 0 bridgehead atoms. The van der Waals surface area contributed by atoms with Crippen molar-refractivity contribution in [3.8, 4) is 5.75 Å². The third-order valence-electron chi connectivity index (χ3n) is 2.50. The second-order valence-electron chi connectivity index (χ2n) is 3.76. The van der Waals surface area contributed by atoms with Crippen molar-refractivity contribution >= 4 is 43.4 Å². The van der Waals surface area contributed by atoms with Gasteiger partial charge in [-0.15, -0.1) is 0 Å². The molecule has 94 valence electrons. The number of methoxy groups -OCH3 is 1. The zero-order valence-electron chi connectivity index (χ0n) is 10.00. The molecule has 0 unspecified atom stereocenters. The van der Waals surface area contributed by atoms with E-state index < -0.39 is 0 Å². The van der Waals surface area contributed by atoms with E-state index in [-0.39, 0.29) is 0 Å². The van der Waals surface area contributed by atoms with Crippen molar-refractivity contribution in [2.24, 2.45) is 0 Å². The van der Waals surface area contributed by atoms with E-state index in [4.69, 9.17) is 4.74 Å². The minimum Gasteiger partial charge on any atom is -0.496 e. The molecule has 0 aliphatic rings. The van der Waals surface area contributed by atoms with Gasteiger partial charge in [0.25, 0.3) is 0 Å². The van der Waals surface area contributed by atoms with Crippen LogP contribution in [0.5, 0.6) is 5.75 Å². The fourth-order valence-electron chi connectivity index (χ4n) is 1.51. The number of rotatable bonds is 3. The molecule has 0 atom stereocenters. The number of pyridine rings is 1. The summed E-state index contributed by atoms with van der Waals surface area (Å²) in [5.74, 6) is 1.60. The zero-order valence-corrected chi connectivity index (χ0v) is 13.2. The van der Waals surface area contributed by atoms with E-state index in [1.54, 1.807) is 13.3 Å². The van der Waals surface area contributed by atoms with Crippen LogP contribution < -0.4 is 10.1 Å². The zero-order chi connectivity index (χ0) is 13.1. The molecule has 0 aliphatic carbocycles. The van der Waals surface area contributed by atoms with Crippen molar-refractivity contribution in [3.05, 3.63) is 45.0 Å². The average Bonchev–Trinajstić information content (AvgIpc) is 2.35. The molecule has 0 saturated heterocycles. The van der Waals surface area contributed by atoms with Gasteiger partial charge in [-0.05, 0) is 68.6 Å². The van der Waals surface area contributed by atoms with Crippen LogP contribution in [-0.2, 0) is 0 Å². The maximum atomic E-state index is 5.19. The van der Waals surface area contributed by atoms with Crippen LogP contribution in [0.3, 0.4) is 0 Å². The number of nitrogens with one attached hydrogen (secondary N) is 1. The van der Waals surface area contributed by atoms with Gasteiger partial charge in [0.05, 0.1) is 16.1 Å². The summed E-state index contributed by atoms with van der Waals surface area (Å²) in [7, 11) is 1.64. The molecule has 0 saturated carbocycles. The first-order valence-electron chi connectivity index (χ1n) is 5.33. The Labute approximate surface area is 123 Å². The SMILES string of the molecule is COc1ccc(Nc2nccc(C)c2Br)cc1Br. The predicted octanol–water partition coefficient (Wildman–Crippen LogP) is 4.67. The van der Waals surface area contributed by atoms with Gasteiger partial charge in [-0.3, -0.25) is 0 Å². The normalized spacial score (nSPS) is 10.2. The molecule has 1 heterocycles. The Balaban J connectivity index is 2.29. The Hall–Kier alpha value is -1.07. The third-order valence-corrected chi connectivity index (χ3v) is 4.12. The Morgan fingerprint density at radius 1 is 1.22 bits per heavy atom. The summed E-state index contributed by atoms with van der Waals surface area (Å²) in [5.41, 5.74) is 2.08. The molecule has 1 aromatic heterocycles. The molecule has 1 N–H and O–H groups in total. The largest absolute Gasteiger partial charge is 0.496 e. The fraction of sp³-hybridized carbons (Fsp3) is 0.154. The first-order valence-corrected chi connectivity index (χ1v) is 6.92. The monoisotopic (exact) mass is 370 g/mol. The van der Waals surface area contributed by atoms with Crippen LogP contribution in [0.15, 0.2) is 39.4 Å². The Morgan fingerprint density at radius 3 is 2.67 bits per heavy atom. The summed E-state index contributed by atoms with van der Waals surface area (Å²) in [6.45, 7) is 2.03. The van der Waals surface area contributed by atoms with Crippen LogP contribution in [0.4, 0.5) is 11.5 Å². The van der Waals surface area contributed by atoms with Crippen LogP contribution in [0.2, 0.25) is 0 Å². The molecule has 0 fully saturated rings. The maximum Gasteiger partial charge on any atom is 0.144 e. The van der Waals surface area contributed by atoms with E-state index in [1.807, 2.05) is 31.2 Å². The molecule has 0 radical (unpaired) electrons. The van der Waals surface area contributed by atoms with Crippen LogP contribution in [-0.4, -0.2) is 12.1 Å². The molecule has 2 aromatic rings. The topological polar surface area (TPSA) is 34.1 Å². The minimum atomic E-state index is 0.798. The molecule has 18 heavy (non-hydrogen) atoms. The van der Waals surface area contributed by atoms with Gasteiger partial charge in [0.2, 0.25) is 0 Å². The quantitative estimate of drug-likeness (QED) is 0.851. The highest BCUT2D eigenvalue weighted by atomic mass is 79.9. The highest BCUT2D eigenvalue weighted by Gasteiger charge is 2.06. The fourth-order valence-corrected chi connectivity index (χ4v) is 2.38. The molecular formula is C13H12Br2N2O. The molecule has 1 aromatic carbocycles. The second-order valence-corrected chi connectivity index (χ2v) is 5.41. The van der Waals surface area contributed by atoms with E-state index >= 15 is 0 Å². The summed E-state index contributed by atoms with van der Waals surface area (Å²) in [6.07, 6.45) is 1.78. The number of hydrogen-bond donors (Lipinski definition) is 1. The predicted molar refractivity (Wildman–Crippen MR) is 80.7 cm³/mol. The maximum absolute atomic E-state index is 5.19. The number of anilines is 2. The van der Waals surface area contributed by atoms with Crippen molar-refractivity contribution in [1.29, 1.82) is 0 Å². The summed E-state index contributed by atoms with van der Waals surface area (Å²) in [5, 5.41) is 3.26. The Morgan fingerprint density at radius 2 is 2.00 bits per heavy atom. The van der Waals surface area contributed by atoms with Crippen molar-refractivity contribution in [2.45, 2.75) is 6.92 Å². The van der Waals surface area contributed by atoms with E-state index in [0.29, 0.717) is 0 Å². The molecule has 5 heteroatoms. The van der Waals surface area contributed by atoms with E-state index in [0.717, 1.165) is 31.8 Å². The molecule has 0 spiro atoms. The summed E-state index contributed by atoms with van der Waals surface area (Å²) in [6, 6.07) is 7.75. The lowest BCUT2D eigenvalue weighted by Gasteiger charge is -2.10. The number of ether oxygens (including phenoxy) is 1.